The lowest BCUT2D eigenvalue weighted by molar-refractivity contribution is 0.0383. The van der Waals surface area contributed by atoms with Crippen LogP contribution in [-0.4, -0.2) is 61.1 Å². The third kappa shape index (κ3) is 5.14. The Labute approximate surface area is 151 Å². The van der Waals surface area contributed by atoms with Crippen molar-refractivity contribution in [2.75, 3.05) is 39.4 Å². The zero-order chi connectivity index (χ0) is 18.2. The fourth-order valence-electron chi connectivity index (χ4n) is 2.60. The maximum absolute atomic E-state index is 12.2. The highest BCUT2D eigenvalue weighted by Gasteiger charge is 2.14. The van der Waals surface area contributed by atoms with E-state index in [0.29, 0.717) is 12.3 Å². The first kappa shape index (κ1) is 18.1. The fourth-order valence-corrected chi connectivity index (χ4v) is 2.60. The number of aromatic nitrogens is 1. The monoisotopic (exact) mass is 358 g/mol. The lowest BCUT2D eigenvalue weighted by atomic mass is 10.2. The first-order valence-electron chi connectivity index (χ1n) is 8.58. The van der Waals surface area contributed by atoms with Gasteiger partial charge < -0.3 is 19.8 Å². The number of carbonyl (C=O) groups is 2. The van der Waals surface area contributed by atoms with Crippen LogP contribution in [0.3, 0.4) is 0 Å². The molecular formula is C18H22N4O4. The Bertz CT molecular complexity index is 727. The van der Waals surface area contributed by atoms with E-state index in [-0.39, 0.29) is 29.7 Å². The largest absolute Gasteiger partial charge is 0.467 e. The van der Waals surface area contributed by atoms with Crippen molar-refractivity contribution >= 4 is 11.8 Å². The molecule has 0 unspecified atom stereocenters. The number of furan rings is 1. The summed E-state index contributed by atoms with van der Waals surface area (Å²) < 4.78 is 10.5. The van der Waals surface area contributed by atoms with Gasteiger partial charge in [0.25, 0.3) is 11.8 Å². The first-order valence-corrected chi connectivity index (χ1v) is 8.58. The predicted octanol–water partition coefficient (Wildman–Crippen LogP) is 0.667. The average molecular weight is 358 g/mol. The van der Waals surface area contributed by atoms with Gasteiger partial charge in [0.15, 0.2) is 0 Å². The van der Waals surface area contributed by atoms with E-state index >= 15 is 0 Å². The lowest BCUT2D eigenvalue weighted by Gasteiger charge is -2.26. The van der Waals surface area contributed by atoms with Crippen molar-refractivity contribution in [2.24, 2.45) is 0 Å². The number of pyridine rings is 1. The molecule has 0 atom stereocenters. The molecule has 0 spiro atoms. The van der Waals surface area contributed by atoms with E-state index in [1.807, 2.05) is 0 Å². The molecule has 1 fully saturated rings. The van der Waals surface area contributed by atoms with Gasteiger partial charge in [-0.2, -0.15) is 0 Å². The number of ether oxygens (including phenoxy) is 1. The van der Waals surface area contributed by atoms with Crippen LogP contribution in [0.1, 0.15) is 26.7 Å². The molecular weight excluding hydrogens is 336 g/mol. The Balaban J connectivity index is 1.49. The van der Waals surface area contributed by atoms with Crippen molar-refractivity contribution in [3.8, 4) is 0 Å². The fraction of sp³-hybridized carbons (Fsp3) is 0.389. The molecule has 26 heavy (non-hydrogen) atoms. The average Bonchev–Trinajstić information content (AvgIpc) is 3.20. The van der Waals surface area contributed by atoms with E-state index in [1.54, 1.807) is 36.6 Å². The van der Waals surface area contributed by atoms with E-state index in [9.17, 15) is 9.59 Å². The summed E-state index contributed by atoms with van der Waals surface area (Å²) in [6, 6.07) is 8.33. The van der Waals surface area contributed by atoms with E-state index in [0.717, 1.165) is 32.8 Å². The third-order valence-corrected chi connectivity index (χ3v) is 4.03. The zero-order valence-electron chi connectivity index (χ0n) is 14.4. The summed E-state index contributed by atoms with van der Waals surface area (Å²) in [5.41, 5.74) is 0.412. The minimum Gasteiger partial charge on any atom is -0.467 e. The highest BCUT2D eigenvalue weighted by Crippen LogP contribution is 2.03. The van der Waals surface area contributed by atoms with E-state index in [2.05, 4.69) is 20.5 Å². The van der Waals surface area contributed by atoms with Crippen molar-refractivity contribution in [3.63, 3.8) is 0 Å². The molecule has 3 rings (SSSR count). The van der Waals surface area contributed by atoms with Crippen LogP contribution in [-0.2, 0) is 11.3 Å². The van der Waals surface area contributed by atoms with Crippen molar-refractivity contribution < 1.29 is 18.7 Å². The number of nitrogens with zero attached hydrogens (tertiary/aromatic N) is 2. The molecule has 2 aromatic heterocycles. The number of morpholine rings is 1. The molecule has 2 aromatic rings. The second kappa shape index (κ2) is 9.12. The number of hydrogen-bond donors (Lipinski definition) is 2. The Kier molecular flexibility index (Phi) is 6.34. The minimum absolute atomic E-state index is 0.192. The summed E-state index contributed by atoms with van der Waals surface area (Å²) in [5.74, 6) is -0.00123. The summed E-state index contributed by atoms with van der Waals surface area (Å²) in [6.45, 7) is 4.76. The Morgan fingerprint density at radius 3 is 2.46 bits per heavy atom. The molecule has 8 nitrogen and oxygen atoms in total. The Morgan fingerprint density at radius 1 is 1.04 bits per heavy atom. The van der Waals surface area contributed by atoms with Gasteiger partial charge in [-0.25, -0.2) is 4.98 Å². The van der Waals surface area contributed by atoms with Crippen LogP contribution in [0.2, 0.25) is 0 Å². The summed E-state index contributed by atoms with van der Waals surface area (Å²) in [5, 5.41) is 5.54. The molecule has 1 aliphatic rings. The third-order valence-electron chi connectivity index (χ3n) is 4.03. The summed E-state index contributed by atoms with van der Waals surface area (Å²) in [4.78, 5) is 30.8. The molecule has 0 aromatic carbocycles. The van der Waals surface area contributed by atoms with Crippen molar-refractivity contribution in [3.05, 3.63) is 53.7 Å². The second-order valence-electron chi connectivity index (χ2n) is 5.88. The van der Waals surface area contributed by atoms with E-state index in [4.69, 9.17) is 9.15 Å². The van der Waals surface area contributed by atoms with Gasteiger partial charge in [0.2, 0.25) is 0 Å². The number of hydrogen-bond acceptors (Lipinski definition) is 6. The maximum atomic E-state index is 12.2. The summed E-state index contributed by atoms with van der Waals surface area (Å²) in [6.07, 6.45) is 1.54. The molecule has 0 aliphatic carbocycles. The van der Waals surface area contributed by atoms with Crippen LogP contribution in [0.25, 0.3) is 0 Å². The van der Waals surface area contributed by atoms with E-state index < -0.39 is 0 Å². The van der Waals surface area contributed by atoms with Gasteiger partial charge in [0.05, 0.1) is 26.0 Å². The van der Waals surface area contributed by atoms with Crippen LogP contribution in [0.15, 0.2) is 41.0 Å². The van der Waals surface area contributed by atoms with E-state index in [1.165, 1.54) is 0 Å². The highest BCUT2D eigenvalue weighted by molar-refractivity contribution is 5.96. The molecule has 8 heteroatoms. The number of carbonyl (C=O) groups excluding carboxylic acids is 2. The molecule has 138 valence electrons. The predicted molar refractivity (Wildman–Crippen MR) is 93.7 cm³/mol. The number of nitrogens with one attached hydrogen (secondary N) is 2. The summed E-state index contributed by atoms with van der Waals surface area (Å²) >= 11 is 0. The first-order chi connectivity index (χ1) is 12.7. The SMILES string of the molecule is O=C(NCCN1CCOCC1)c1cccc(C(=O)NCc2ccco2)n1. The zero-order valence-corrected chi connectivity index (χ0v) is 14.4. The molecule has 0 radical (unpaired) electrons. The molecule has 2 N–H and O–H groups in total. The van der Waals surface area contributed by atoms with Gasteiger partial charge in [0.1, 0.15) is 17.1 Å². The number of amides is 2. The smallest absolute Gasteiger partial charge is 0.270 e. The van der Waals surface area contributed by atoms with Gasteiger partial charge in [0, 0.05) is 26.2 Å². The second-order valence-corrected chi connectivity index (χ2v) is 5.88. The molecule has 3 heterocycles. The summed E-state index contributed by atoms with van der Waals surface area (Å²) in [7, 11) is 0. The van der Waals surface area contributed by atoms with Crippen molar-refractivity contribution in [1.29, 1.82) is 0 Å². The van der Waals surface area contributed by atoms with Gasteiger partial charge >= 0.3 is 0 Å². The van der Waals surface area contributed by atoms with Crippen LogP contribution < -0.4 is 10.6 Å². The van der Waals surface area contributed by atoms with Gasteiger partial charge in [-0.3, -0.25) is 14.5 Å². The molecule has 1 aliphatic heterocycles. The van der Waals surface area contributed by atoms with Crippen LogP contribution in [0.5, 0.6) is 0 Å². The molecule has 1 saturated heterocycles. The minimum atomic E-state index is -0.357. The Morgan fingerprint density at radius 2 is 1.77 bits per heavy atom. The normalized spacial score (nSPS) is 14.8. The molecule has 0 bridgehead atoms. The standard InChI is InChI=1S/C18H22N4O4/c23-17(19-6-7-22-8-11-25-12-9-22)15-4-1-5-16(21-15)18(24)20-13-14-3-2-10-26-14/h1-5,10H,6-9,11-13H2,(H,19,23)(H,20,24). The maximum Gasteiger partial charge on any atom is 0.270 e. The van der Waals surface area contributed by atoms with Crippen LogP contribution >= 0.6 is 0 Å². The Hall–Kier alpha value is -2.71. The van der Waals surface area contributed by atoms with Crippen LogP contribution in [0.4, 0.5) is 0 Å². The van der Waals surface area contributed by atoms with Crippen molar-refractivity contribution in [2.45, 2.75) is 6.54 Å². The number of rotatable bonds is 7. The quantitative estimate of drug-likeness (QED) is 0.755. The van der Waals surface area contributed by atoms with Crippen LogP contribution in [0, 0.1) is 0 Å². The van der Waals surface area contributed by atoms with Gasteiger partial charge in [-0.1, -0.05) is 6.07 Å². The topological polar surface area (TPSA) is 96.7 Å². The molecule has 0 saturated carbocycles. The van der Waals surface area contributed by atoms with Crippen molar-refractivity contribution in [1.82, 2.24) is 20.5 Å². The highest BCUT2D eigenvalue weighted by atomic mass is 16.5. The van der Waals surface area contributed by atoms with Gasteiger partial charge in [-0.15, -0.1) is 0 Å². The molecule has 2 amide bonds. The van der Waals surface area contributed by atoms with Gasteiger partial charge in [-0.05, 0) is 24.3 Å². The lowest BCUT2D eigenvalue weighted by Crippen LogP contribution is -2.41.